The molecule has 1 aliphatic rings. The SMILES string of the molecule is Cc1cccnc1NCC1(O)CCOCC1. The Labute approximate surface area is 95.7 Å². The zero-order chi connectivity index (χ0) is 11.4. The van der Waals surface area contributed by atoms with Crippen molar-refractivity contribution in [1.82, 2.24) is 4.98 Å². The average molecular weight is 222 g/mol. The number of nitrogens with one attached hydrogen (secondary N) is 1. The summed E-state index contributed by atoms with van der Waals surface area (Å²) in [7, 11) is 0. The summed E-state index contributed by atoms with van der Waals surface area (Å²) in [5.74, 6) is 0.849. The number of hydrogen-bond acceptors (Lipinski definition) is 4. The van der Waals surface area contributed by atoms with Crippen molar-refractivity contribution in [1.29, 1.82) is 0 Å². The van der Waals surface area contributed by atoms with E-state index < -0.39 is 5.60 Å². The Bertz CT molecular complexity index is 349. The second-order valence-corrected chi connectivity index (χ2v) is 4.36. The van der Waals surface area contributed by atoms with Crippen LogP contribution in [-0.2, 0) is 4.74 Å². The van der Waals surface area contributed by atoms with Crippen LogP contribution in [-0.4, -0.2) is 35.5 Å². The van der Waals surface area contributed by atoms with E-state index in [-0.39, 0.29) is 0 Å². The van der Waals surface area contributed by atoms with Crippen LogP contribution < -0.4 is 5.32 Å². The first-order chi connectivity index (χ1) is 7.70. The molecule has 0 aliphatic carbocycles. The fourth-order valence-electron chi connectivity index (χ4n) is 1.85. The van der Waals surface area contributed by atoms with E-state index in [1.54, 1.807) is 6.20 Å². The first-order valence-electron chi connectivity index (χ1n) is 5.65. The van der Waals surface area contributed by atoms with Gasteiger partial charge in [-0.3, -0.25) is 0 Å². The van der Waals surface area contributed by atoms with E-state index in [1.165, 1.54) is 0 Å². The van der Waals surface area contributed by atoms with Crippen molar-refractivity contribution in [3.05, 3.63) is 23.9 Å². The van der Waals surface area contributed by atoms with Crippen LogP contribution in [0.4, 0.5) is 5.82 Å². The molecule has 4 nitrogen and oxygen atoms in total. The molecule has 2 heterocycles. The summed E-state index contributed by atoms with van der Waals surface area (Å²) in [6.45, 7) is 3.82. The molecular weight excluding hydrogens is 204 g/mol. The average Bonchev–Trinajstić information content (AvgIpc) is 2.29. The van der Waals surface area contributed by atoms with Crippen molar-refractivity contribution in [3.8, 4) is 0 Å². The van der Waals surface area contributed by atoms with Gasteiger partial charge in [-0.25, -0.2) is 4.98 Å². The fourth-order valence-corrected chi connectivity index (χ4v) is 1.85. The topological polar surface area (TPSA) is 54.4 Å². The summed E-state index contributed by atoms with van der Waals surface area (Å²) in [6, 6.07) is 3.91. The van der Waals surface area contributed by atoms with Crippen molar-refractivity contribution >= 4 is 5.82 Å². The van der Waals surface area contributed by atoms with Crippen LogP contribution in [0.2, 0.25) is 0 Å². The Hall–Kier alpha value is -1.13. The highest BCUT2D eigenvalue weighted by atomic mass is 16.5. The molecule has 16 heavy (non-hydrogen) atoms. The van der Waals surface area contributed by atoms with E-state index in [2.05, 4.69) is 10.3 Å². The summed E-state index contributed by atoms with van der Waals surface area (Å²) in [6.07, 6.45) is 3.13. The Morgan fingerprint density at radius 2 is 2.25 bits per heavy atom. The smallest absolute Gasteiger partial charge is 0.128 e. The number of nitrogens with zero attached hydrogens (tertiary/aromatic N) is 1. The van der Waals surface area contributed by atoms with Crippen LogP contribution in [0.5, 0.6) is 0 Å². The summed E-state index contributed by atoms with van der Waals surface area (Å²) in [5.41, 5.74) is 0.445. The van der Waals surface area contributed by atoms with Crippen molar-refractivity contribution in [2.24, 2.45) is 0 Å². The van der Waals surface area contributed by atoms with Crippen molar-refractivity contribution in [2.45, 2.75) is 25.4 Å². The second kappa shape index (κ2) is 4.80. The van der Waals surface area contributed by atoms with Gasteiger partial charge in [0.1, 0.15) is 5.82 Å². The maximum Gasteiger partial charge on any atom is 0.128 e. The predicted octanol–water partition coefficient (Wildman–Crippen LogP) is 1.34. The van der Waals surface area contributed by atoms with E-state index in [4.69, 9.17) is 4.74 Å². The van der Waals surface area contributed by atoms with Gasteiger partial charge in [-0.05, 0) is 18.6 Å². The lowest BCUT2D eigenvalue weighted by molar-refractivity contribution is -0.0543. The molecule has 1 saturated heterocycles. The van der Waals surface area contributed by atoms with Crippen LogP contribution in [0.1, 0.15) is 18.4 Å². The Morgan fingerprint density at radius 1 is 1.50 bits per heavy atom. The lowest BCUT2D eigenvalue weighted by Gasteiger charge is -2.32. The van der Waals surface area contributed by atoms with Gasteiger partial charge in [0.2, 0.25) is 0 Å². The molecule has 0 bridgehead atoms. The normalized spacial score (nSPS) is 19.4. The molecule has 1 fully saturated rings. The highest BCUT2D eigenvalue weighted by Gasteiger charge is 2.29. The van der Waals surface area contributed by atoms with E-state index in [0.717, 1.165) is 11.4 Å². The van der Waals surface area contributed by atoms with Gasteiger partial charge in [0.05, 0.1) is 5.60 Å². The van der Waals surface area contributed by atoms with Crippen LogP contribution in [0.25, 0.3) is 0 Å². The van der Waals surface area contributed by atoms with Gasteiger partial charge in [-0.1, -0.05) is 6.07 Å². The summed E-state index contributed by atoms with van der Waals surface area (Å²) in [5, 5.41) is 13.5. The molecule has 2 N–H and O–H groups in total. The van der Waals surface area contributed by atoms with Gasteiger partial charge in [-0.15, -0.1) is 0 Å². The van der Waals surface area contributed by atoms with E-state index in [1.807, 2.05) is 19.1 Å². The molecule has 0 atom stereocenters. The molecule has 0 radical (unpaired) electrons. The molecule has 0 saturated carbocycles. The monoisotopic (exact) mass is 222 g/mol. The number of aliphatic hydroxyl groups is 1. The quantitative estimate of drug-likeness (QED) is 0.810. The molecule has 0 aromatic carbocycles. The Morgan fingerprint density at radius 3 is 2.94 bits per heavy atom. The molecule has 1 aromatic heterocycles. The third-order valence-electron chi connectivity index (χ3n) is 3.02. The number of aryl methyl sites for hydroxylation is 1. The van der Waals surface area contributed by atoms with Gasteiger partial charge >= 0.3 is 0 Å². The van der Waals surface area contributed by atoms with Crippen molar-refractivity contribution in [2.75, 3.05) is 25.1 Å². The number of rotatable bonds is 3. The highest BCUT2D eigenvalue weighted by Crippen LogP contribution is 2.21. The summed E-state index contributed by atoms with van der Waals surface area (Å²) < 4.78 is 5.24. The summed E-state index contributed by atoms with van der Waals surface area (Å²) >= 11 is 0. The van der Waals surface area contributed by atoms with Gasteiger partial charge in [0.15, 0.2) is 0 Å². The summed E-state index contributed by atoms with van der Waals surface area (Å²) in [4.78, 5) is 4.24. The predicted molar refractivity (Wildman–Crippen MR) is 62.5 cm³/mol. The lowest BCUT2D eigenvalue weighted by Crippen LogP contribution is -2.42. The van der Waals surface area contributed by atoms with E-state index >= 15 is 0 Å². The molecule has 2 rings (SSSR count). The number of anilines is 1. The molecule has 0 spiro atoms. The fraction of sp³-hybridized carbons (Fsp3) is 0.583. The maximum atomic E-state index is 10.3. The third-order valence-corrected chi connectivity index (χ3v) is 3.02. The van der Waals surface area contributed by atoms with Crippen LogP contribution in [0.3, 0.4) is 0 Å². The number of hydrogen-bond donors (Lipinski definition) is 2. The highest BCUT2D eigenvalue weighted by molar-refractivity contribution is 5.42. The molecule has 4 heteroatoms. The van der Waals surface area contributed by atoms with Gasteiger partial charge in [0.25, 0.3) is 0 Å². The van der Waals surface area contributed by atoms with Crippen LogP contribution in [0.15, 0.2) is 18.3 Å². The van der Waals surface area contributed by atoms with Gasteiger partial charge < -0.3 is 15.2 Å². The van der Waals surface area contributed by atoms with E-state index in [9.17, 15) is 5.11 Å². The number of ether oxygens (including phenoxy) is 1. The minimum atomic E-state index is -0.651. The lowest BCUT2D eigenvalue weighted by atomic mass is 9.94. The first kappa shape index (κ1) is 11.4. The largest absolute Gasteiger partial charge is 0.388 e. The number of pyridine rings is 1. The van der Waals surface area contributed by atoms with E-state index in [0.29, 0.717) is 32.6 Å². The standard InChI is InChI=1S/C12H18N2O2/c1-10-3-2-6-13-11(10)14-9-12(15)4-7-16-8-5-12/h2-3,6,15H,4-5,7-9H2,1H3,(H,13,14). The Balaban J connectivity index is 1.94. The van der Waals surface area contributed by atoms with Crippen molar-refractivity contribution in [3.63, 3.8) is 0 Å². The molecule has 0 unspecified atom stereocenters. The van der Waals surface area contributed by atoms with Crippen LogP contribution >= 0.6 is 0 Å². The van der Waals surface area contributed by atoms with Crippen molar-refractivity contribution < 1.29 is 9.84 Å². The molecule has 88 valence electrons. The van der Waals surface area contributed by atoms with Crippen LogP contribution in [0, 0.1) is 6.92 Å². The second-order valence-electron chi connectivity index (χ2n) is 4.36. The molecule has 1 aromatic rings. The molecular formula is C12H18N2O2. The maximum absolute atomic E-state index is 10.3. The van der Waals surface area contributed by atoms with Gasteiger partial charge in [-0.2, -0.15) is 0 Å². The zero-order valence-electron chi connectivity index (χ0n) is 9.57. The Kier molecular flexibility index (Phi) is 3.41. The molecule has 1 aliphatic heterocycles. The number of aromatic nitrogens is 1. The zero-order valence-corrected chi connectivity index (χ0v) is 9.57. The minimum Gasteiger partial charge on any atom is -0.388 e. The van der Waals surface area contributed by atoms with Gasteiger partial charge in [0, 0.05) is 38.8 Å². The third kappa shape index (κ3) is 2.71. The minimum absolute atomic E-state index is 0.536. The molecule has 0 amide bonds. The first-order valence-corrected chi connectivity index (χ1v) is 5.65.